The fraction of sp³-hybridized carbons (Fsp3) is 0.833. The van der Waals surface area contributed by atoms with Crippen LogP contribution >= 0.6 is 12.4 Å². The van der Waals surface area contributed by atoms with E-state index < -0.39 is 0 Å². The fourth-order valence-corrected chi connectivity index (χ4v) is 1.09. The number of aldehydes is 1. The molecule has 0 N–H and O–H groups in total. The Morgan fingerprint density at radius 3 is 2.00 bits per heavy atom. The molecule has 0 aromatic rings. The Hall–Kier alpha value is -0.0400. The Bertz CT molecular complexity index is 66.9. The summed E-state index contributed by atoms with van der Waals surface area (Å²) in [5.74, 6) is 0.417. The Morgan fingerprint density at radius 2 is 1.75 bits per heavy atom. The van der Waals surface area contributed by atoms with Crippen LogP contribution in [0.5, 0.6) is 0 Å². The molecule has 1 saturated carbocycles. The van der Waals surface area contributed by atoms with E-state index in [1.807, 2.05) is 0 Å². The molecule has 0 bridgehead atoms. The molecule has 0 amide bonds. The average molecular weight is 135 g/mol. The molecule has 0 aliphatic heterocycles. The summed E-state index contributed by atoms with van der Waals surface area (Å²) in [4.78, 5) is 10.0. The van der Waals surface area contributed by atoms with Crippen LogP contribution < -0.4 is 0 Å². The van der Waals surface area contributed by atoms with Crippen molar-refractivity contribution < 1.29 is 4.79 Å². The average Bonchev–Trinajstić information content (AvgIpc) is 2.14. The first-order chi connectivity index (χ1) is 3.43. The van der Waals surface area contributed by atoms with Gasteiger partial charge in [-0.05, 0) is 12.8 Å². The normalized spacial score (nSPS) is 20.0. The summed E-state index contributed by atoms with van der Waals surface area (Å²) < 4.78 is 0. The van der Waals surface area contributed by atoms with Crippen LogP contribution in [0.1, 0.15) is 25.7 Å². The molecule has 0 unspecified atom stereocenters. The van der Waals surface area contributed by atoms with Gasteiger partial charge in [-0.2, -0.15) is 0 Å². The van der Waals surface area contributed by atoms with Crippen molar-refractivity contribution in [2.45, 2.75) is 25.7 Å². The zero-order valence-electron chi connectivity index (χ0n) is 4.80. The van der Waals surface area contributed by atoms with Crippen LogP contribution in [-0.4, -0.2) is 6.29 Å². The third-order valence-electron chi connectivity index (χ3n) is 1.59. The highest BCUT2D eigenvalue weighted by molar-refractivity contribution is 5.85. The molecule has 1 nitrogen and oxygen atoms in total. The van der Waals surface area contributed by atoms with Gasteiger partial charge in [-0.1, -0.05) is 12.8 Å². The maximum atomic E-state index is 10.0. The molecule has 0 spiro atoms. The van der Waals surface area contributed by atoms with E-state index in [4.69, 9.17) is 0 Å². The molecular weight excluding hydrogens is 124 g/mol. The molecule has 1 fully saturated rings. The maximum Gasteiger partial charge on any atom is 0.123 e. The minimum atomic E-state index is 0. The highest BCUT2D eigenvalue weighted by atomic mass is 35.5. The van der Waals surface area contributed by atoms with Crippen molar-refractivity contribution in [2.75, 3.05) is 0 Å². The molecule has 0 heterocycles. The van der Waals surface area contributed by atoms with E-state index in [0.29, 0.717) is 5.92 Å². The monoisotopic (exact) mass is 134 g/mol. The van der Waals surface area contributed by atoms with E-state index in [-0.39, 0.29) is 12.4 Å². The summed E-state index contributed by atoms with van der Waals surface area (Å²) in [5, 5.41) is 0. The number of hydrogen-bond acceptors (Lipinski definition) is 1. The number of hydrogen-bond donors (Lipinski definition) is 0. The van der Waals surface area contributed by atoms with E-state index in [2.05, 4.69) is 0 Å². The van der Waals surface area contributed by atoms with Crippen molar-refractivity contribution >= 4 is 18.7 Å². The largest absolute Gasteiger partial charge is 0.303 e. The van der Waals surface area contributed by atoms with Crippen molar-refractivity contribution in [3.8, 4) is 0 Å². The zero-order chi connectivity index (χ0) is 5.11. The molecule has 8 heavy (non-hydrogen) atoms. The summed E-state index contributed by atoms with van der Waals surface area (Å²) in [6.07, 6.45) is 5.91. The van der Waals surface area contributed by atoms with Gasteiger partial charge in [0.05, 0.1) is 0 Å². The molecule has 0 radical (unpaired) electrons. The lowest BCUT2D eigenvalue weighted by atomic mass is 10.1. The Balaban J connectivity index is 0.000000490. The Kier molecular flexibility index (Phi) is 3.88. The van der Waals surface area contributed by atoms with Gasteiger partial charge >= 0.3 is 0 Å². The van der Waals surface area contributed by atoms with Gasteiger partial charge in [-0.15, -0.1) is 12.4 Å². The van der Waals surface area contributed by atoms with E-state index >= 15 is 0 Å². The van der Waals surface area contributed by atoms with Gasteiger partial charge in [-0.25, -0.2) is 0 Å². The minimum absolute atomic E-state index is 0. The lowest BCUT2D eigenvalue weighted by Gasteiger charge is -1.90. The molecule has 1 aliphatic rings. The predicted molar refractivity (Wildman–Crippen MR) is 35.3 cm³/mol. The molecule has 0 atom stereocenters. The summed E-state index contributed by atoms with van der Waals surface area (Å²) in [7, 11) is 0. The maximum absolute atomic E-state index is 10.0. The van der Waals surface area contributed by atoms with E-state index in [9.17, 15) is 4.79 Å². The molecule has 1 aliphatic carbocycles. The zero-order valence-corrected chi connectivity index (χ0v) is 5.62. The number of rotatable bonds is 1. The van der Waals surface area contributed by atoms with Gasteiger partial charge in [-0.3, -0.25) is 0 Å². The fourth-order valence-electron chi connectivity index (χ4n) is 1.09. The van der Waals surface area contributed by atoms with Crippen molar-refractivity contribution in [3.05, 3.63) is 0 Å². The second-order valence-electron chi connectivity index (χ2n) is 2.18. The van der Waals surface area contributed by atoms with Crippen molar-refractivity contribution in [3.63, 3.8) is 0 Å². The van der Waals surface area contributed by atoms with E-state index in [1.165, 1.54) is 12.8 Å². The summed E-state index contributed by atoms with van der Waals surface area (Å²) in [6, 6.07) is 0. The molecule has 1 rings (SSSR count). The van der Waals surface area contributed by atoms with Crippen LogP contribution in [0.2, 0.25) is 0 Å². The van der Waals surface area contributed by atoms with Crippen molar-refractivity contribution in [1.82, 2.24) is 0 Å². The van der Waals surface area contributed by atoms with Crippen LogP contribution in [-0.2, 0) is 4.79 Å². The summed E-state index contributed by atoms with van der Waals surface area (Å²) >= 11 is 0. The van der Waals surface area contributed by atoms with Gasteiger partial charge in [0.1, 0.15) is 6.29 Å². The molecular formula is C6H11ClO. The SMILES string of the molecule is Cl.O=CC1CCCC1. The highest BCUT2D eigenvalue weighted by Crippen LogP contribution is 2.21. The quantitative estimate of drug-likeness (QED) is 0.500. The lowest BCUT2D eigenvalue weighted by Crippen LogP contribution is -1.91. The third kappa shape index (κ3) is 1.83. The molecule has 0 saturated heterocycles. The smallest absolute Gasteiger partial charge is 0.123 e. The van der Waals surface area contributed by atoms with Crippen LogP contribution in [0.25, 0.3) is 0 Å². The predicted octanol–water partition coefficient (Wildman–Crippen LogP) is 1.80. The summed E-state index contributed by atoms with van der Waals surface area (Å²) in [5.41, 5.74) is 0. The lowest BCUT2D eigenvalue weighted by molar-refractivity contribution is -0.110. The van der Waals surface area contributed by atoms with Crippen LogP contribution in [0.4, 0.5) is 0 Å². The second kappa shape index (κ2) is 3.90. The Labute approximate surface area is 55.9 Å². The third-order valence-corrected chi connectivity index (χ3v) is 1.59. The van der Waals surface area contributed by atoms with E-state index in [1.54, 1.807) is 0 Å². The van der Waals surface area contributed by atoms with Gasteiger partial charge in [0.2, 0.25) is 0 Å². The van der Waals surface area contributed by atoms with Crippen molar-refractivity contribution in [2.24, 2.45) is 5.92 Å². The topological polar surface area (TPSA) is 17.1 Å². The molecule has 2 heteroatoms. The van der Waals surface area contributed by atoms with Gasteiger partial charge in [0, 0.05) is 5.92 Å². The standard InChI is InChI=1S/C6H10O.ClH/c7-5-6-3-1-2-4-6;/h5-6H,1-4H2;1H. The van der Waals surface area contributed by atoms with Gasteiger partial charge in [0.25, 0.3) is 0 Å². The molecule has 0 aromatic carbocycles. The van der Waals surface area contributed by atoms with E-state index in [0.717, 1.165) is 19.1 Å². The molecule has 48 valence electrons. The molecule has 0 aromatic heterocycles. The van der Waals surface area contributed by atoms with Crippen LogP contribution in [0.3, 0.4) is 0 Å². The first-order valence-electron chi connectivity index (χ1n) is 2.89. The number of halogens is 1. The number of carbonyl (C=O) groups is 1. The first-order valence-corrected chi connectivity index (χ1v) is 2.89. The summed E-state index contributed by atoms with van der Waals surface area (Å²) in [6.45, 7) is 0. The Morgan fingerprint density at radius 1 is 1.25 bits per heavy atom. The van der Waals surface area contributed by atoms with Gasteiger partial charge < -0.3 is 4.79 Å². The van der Waals surface area contributed by atoms with Crippen LogP contribution in [0.15, 0.2) is 0 Å². The highest BCUT2D eigenvalue weighted by Gasteiger charge is 2.12. The van der Waals surface area contributed by atoms with Crippen molar-refractivity contribution in [1.29, 1.82) is 0 Å². The first kappa shape index (κ1) is 7.96. The minimum Gasteiger partial charge on any atom is -0.303 e. The second-order valence-corrected chi connectivity index (χ2v) is 2.18. The number of carbonyl (C=O) groups excluding carboxylic acids is 1. The van der Waals surface area contributed by atoms with Crippen LogP contribution in [0, 0.1) is 5.92 Å². The van der Waals surface area contributed by atoms with Gasteiger partial charge in [0.15, 0.2) is 0 Å².